The van der Waals surface area contributed by atoms with Gasteiger partial charge in [0.25, 0.3) is 11.8 Å². The van der Waals surface area contributed by atoms with Crippen molar-refractivity contribution in [3.8, 4) is 5.75 Å². The molecule has 2 amide bonds. The number of benzene rings is 2. The van der Waals surface area contributed by atoms with Crippen molar-refractivity contribution in [3.63, 3.8) is 0 Å². The molecule has 7 nitrogen and oxygen atoms in total. The molecule has 7 heteroatoms. The van der Waals surface area contributed by atoms with E-state index in [1.54, 1.807) is 30.5 Å². The molecule has 2 aromatic heterocycles. The van der Waals surface area contributed by atoms with Gasteiger partial charge in [0.1, 0.15) is 17.1 Å². The molecule has 0 spiro atoms. The number of nitrogens with zero attached hydrogens (tertiary/aromatic N) is 4. The van der Waals surface area contributed by atoms with E-state index >= 15 is 0 Å². The van der Waals surface area contributed by atoms with Crippen LogP contribution in [0.25, 0.3) is 11.2 Å². The third kappa shape index (κ3) is 3.34. The van der Waals surface area contributed by atoms with Crippen LogP contribution in [0.5, 0.6) is 5.75 Å². The highest BCUT2D eigenvalue weighted by Gasteiger charge is 2.36. The number of aromatic nitrogens is 3. The average molecular weight is 412 g/mol. The summed E-state index contributed by atoms with van der Waals surface area (Å²) in [5, 5.41) is 0. The lowest BCUT2D eigenvalue weighted by atomic mass is 10.1. The number of imidazole rings is 1. The number of ether oxygens (including phenoxy) is 1. The second kappa shape index (κ2) is 7.68. The van der Waals surface area contributed by atoms with Crippen molar-refractivity contribution in [1.82, 2.24) is 19.4 Å². The molecule has 0 saturated carbocycles. The second-order valence-electron chi connectivity index (χ2n) is 7.28. The van der Waals surface area contributed by atoms with Crippen LogP contribution in [0.3, 0.4) is 0 Å². The minimum Gasteiger partial charge on any atom is -0.494 e. The summed E-state index contributed by atoms with van der Waals surface area (Å²) in [5.41, 5.74) is 3.33. The number of carbonyl (C=O) groups excluding carboxylic acids is 2. The van der Waals surface area contributed by atoms with E-state index in [4.69, 9.17) is 4.74 Å². The van der Waals surface area contributed by atoms with Crippen molar-refractivity contribution in [2.45, 2.75) is 20.0 Å². The molecular formula is C24H20N4O3. The van der Waals surface area contributed by atoms with Crippen molar-refractivity contribution in [2.24, 2.45) is 0 Å². The first-order valence-electron chi connectivity index (χ1n) is 10.1. The van der Waals surface area contributed by atoms with Crippen LogP contribution < -0.4 is 4.74 Å². The lowest BCUT2D eigenvalue weighted by Gasteiger charge is -2.15. The molecule has 0 aliphatic carbocycles. The van der Waals surface area contributed by atoms with Gasteiger partial charge >= 0.3 is 0 Å². The van der Waals surface area contributed by atoms with Crippen LogP contribution in [0.15, 0.2) is 66.9 Å². The van der Waals surface area contributed by atoms with E-state index < -0.39 is 0 Å². The molecule has 0 bridgehead atoms. The van der Waals surface area contributed by atoms with Gasteiger partial charge in [0.05, 0.1) is 30.8 Å². The molecule has 0 atom stereocenters. The Morgan fingerprint density at radius 2 is 1.58 bits per heavy atom. The molecule has 154 valence electrons. The fourth-order valence-corrected chi connectivity index (χ4v) is 3.86. The largest absolute Gasteiger partial charge is 0.494 e. The molecule has 3 heterocycles. The van der Waals surface area contributed by atoms with Crippen molar-refractivity contribution < 1.29 is 14.3 Å². The Morgan fingerprint density at radius 3 is 2.26 bits per heavy atom. The minimum atomic E-state index is -0.298. The first-order chi connectivity index (χ1) is 15.2. The van der Waals surface area contributed by atoms with Crippen LogP contribution >= 0.6 is 0 Å². The van der Waals surface area contributed by atoms with Gasteiger partial charge in [-0.15, -0.1) is 0 Å². The zero-order chi connectivity index (χ0) is 21.4. The van der Waals surface area contributed by atoms with Gasteiger partial charge in [0.2, 0.25) is 0 Å². The Morgan fingerprint density at radius 1 is 0.871 bits per heavy atom. The lowest BCUT2D eigenvalue weighted by molar-refractivity contribution is 0.0637. The van der Waals surface area contributed by atoms with Gasteiger partial charge in [-0.1, -0.05) is 24.3 Å². The normalized spacial score (nSPS) is 13.1. The van der Waals surface area contributed by atoms with E-state index in [0.717, 1.165) is 16.8 Å². The molecular weight excluding hydrogens is 392 g/mol. The summed E-state index contributed by atoms with van der Waals surface area (Å²) < 4.78 is 7.47. The summed E-state index contributed by atoms with van der Waals surface area (Å²) >= 11 is 0. The molecule has 0 unspecified atom stereocenters. The number of hydrogen-bond acceptors (Lipinski definition) is 5. The third-order valence-electron chi connectivity index (χ3n) is 5.34. The molecule has 5 rings (SSSR count). The molecule has 1 aliphatic heterocycles. The maximum atomic E-state index is 12.8. The van der Waals surface area contributed by atoms with Crippen LogP contribution in [0, 0.1) is 0 Å². The van der Waals surface area contributed by atoms with E-state index in [1.807, 2.05) is 47.9 Å². The highest BCUT2D eigenvalue weighted by Crippen LogP contribution is 2.26. The lowest BCUT2D eigenvalue weighted by Crippen LogP contribution is -2.30. The first-order valence-corrected chi connectivity index (χ1v) is 10.1. The maximum absolute atomic E-state index is 12.8. The summed E-state index contributed by atoms with van der Waals surface area (Å²) in [7, 11) is 0. The van der Waals surface area contributed by atoms with Crippen molar-refractivity contribution in [3.05, 3.63) is 89.4 Å². The van der Waals surface area contributed by atoms with Gasteiger partial charge in [-0.2, -0.15) is 0 Å². The van der Waals surface area contributed by atoms with Crippen LogP contribution in [0.2, 0.25) is 0 Å². The van der Waals surface area contributed by atoms with E-state index in [9.17, 15) is 9.59 Å². The highest BCUT2D eigenvalue weighted by atomic mass is 16.5. The van der Waals surface area contributed by atoms with Crippen LogP contribution in [-0.2, 0) is 13.1 Å². The Labute approximate surface area is 178 Å². The molecule has 0 radical (unpaired) electrons. The predicted molar refractivity (Wildman–Crippen MR) is 115 cm³/mol. The van der Waals surface area contributed by atoms with E-state index in [1.165, 1.54) is 4.90 Å². The quantitative estimate of drug-likeness (QED) is 0.452. The topological polar surface area (TPSA) is 77.3 Å². The molecule has 2 aromatic carbocycles. The van der Waals surface area contributed by atoms with Crippen molar-refractivity contribution >= 4 is 23.0 Å². The number of carbonyl (C=O) groups is 2. The molecule has 4 aromatic rings. The Bertz CT molecular complexity index is 1260. The number of fused-ring (bicyclic) bond motifs is 2. The summed E-state index contributed by atoms with van der Waals surface area (Å²) in [5.74, 6) is 0.824. The van der Waals surface area contributed by atoms with Crippen molar-refractivity contribution in [1.29, 1.82) is 0 Å². The Balaban J connectivity index is 1.50. The van der Waals surface area contributed by atoms with Crippen molar-refractivity contribution in [2.75, 3.05) is 6.61 Å². The average Bonchev–Trinajstić information content (AvgIpc) is 3.26. The number of amides is 2. The fraction of sp³-hybridized carbons (Fsp3) is 0.167. The second-order valence-corrected chi connectivity index (χ2v) is 7.28. The van der Waals surface area contributed by atoms with E-state index in [2.05, 4.69) is 9.97 Å². The van der Waals surface area contributed by atoms with Gasteiger partial charge in [-0.25, -0.2) is 9.97 Å². The molecule has 1 aliphatic rings. The number of hydrogen-bond donors (Lipinski definition) is 0. The van der Waals surface area contributed by atoms with Gasteiger partial charge in [-0.05, 0) is 48.9 Å². The van der Waals surface area contributed by atoms with E-state index in [0.29, 0.717) is 35.8 Å². The molecule has 0 saturated heterocycles. The van der Waals surface area contributed by atoms with Gasteiger partial charge < -0.3 is 9.30 Å². The third-order valence-corrected chi connectivity index (χ3v) is 5.34. The Kier molecular flexibility index (Phi) is 4.71. The number of rotatable bonds is 6. The highest BCUT2D eigenvalue weighted by molar-refractivity contribution is 6.21. The van der Waals surface area contributed by atoms with Crippen LogP contribution in [0.1, 0.15) is 39.0 Å². The standard InChI is InChI=1S/C24H20N4O3/c1-2-31-17-11-9-16(10-12-17)14-27-21(26-20-8-5-13-25-22(20)27)15-28-23(29)18-6-3-4-7-19(18)24(28)30/h3-13H,2,14-15H2,1H3. The zero-order valence-corrected chi connectivity index (χ0v) is 17.0. The number of pyridine rings is 1. The first kappa shape index (κ1) is 19.0. The fourth-order valence-electron chi connectivity index (χ4n) is 3.86. The Hall–Kier alpha value is -4.00. The number of imide groups is 1. The van der Waals surface area contributed by atoms with Crippen LogP contribution in [-0.4, -0.2) is 37.9 Å². The summed E-state index contributed by atoms with van der Waals surface area (Å²) in [6.07, 6.45) is 1.71. The summed E-state index contributed by atoms with van der Waals surface area (Å²) in [4.78, 5) is 36.1. The predicted octanol–water partition coefficient (Wildman–Crippen LogP) is 3.67. The SMILES string of the molecule is CCOc1ccc(Cn2c(CN3C(=O)c4ccccc4C3=O)nc3cccnc32)cc1. The van der Waals surface area contributed by atoms with Gasteiger partial charge in [0, 0.05) is 6.20 Å². The smallest absolute Gasteiger partial charge is 0.261 e. The molecule has 0 N–H and O–H groups in total. The minimum absolute atomic E-state index is 0.0831. The zero-order valence-electron chi connectivity index (χ0n) is 17.0. The van der Waals surface area contributed by atoms with Gasteiger partial charge in [0.15, 0.2) is 5.65 Å². The summed E-state index contributed by atoms with van der Waals surface area (Å²) in [6, 6.07) is 18.4. The summed E-state index contributed by atoms with van der Waals surface area (Å²) in [6.45, 7) is 3.15. The van der Waals surface area contributed by atoms with Gasteiger partial charge in [-0.3, -0.25) is 14.5 Å². The van der Waals surface area contributed by atoms with E-state index in [-0.39, 0.29) is 18.4 Å². The molecule has 31 heavy (non-hydrogen) atoms. The monoisotopic (exact) mass is 412 g/mol. The maximum Gasteiger partial charge on any atom is 0.261 e. The molecule has 0 fully saturated rings. The van der Waals surface area contributed by atoms with Crippen LogP contribution in [0.4, 0.5) is 0 Å².